The van der Waals surface area contributed by atoms with Crippen LogP contribution in [-0.4, -0.2) is 49.2 Å². The van der Waals surface area contributed by atoms with Crippen molar-refractivity contribution in [1.82, 2.24) is 10.6 Å². The second kappa shape index (κ2) is 8.76. The highest BCUT2D eigenvalue weighted by Crippen LogP contribution is 2.19. The van der Waals surface area contributed by atoms with Crippen LogP contribution in [0.2, 0.25) is 5.02 Å². The number of carbonyl (C=O) groups is 1. The molecule has 0 saturated carbocycles. The van der Waals surface area contributed by atoms with Gasteiger partial charge < -0.3 is 25.6 Å². The molecular formula is C13H19ClN2O4. The highest BCUT2D eigenvalue weighted by molar-refractivity contribution is 6.30. The zero-order valence-electron chi connectivity index (χ0n) is 11.2. The molecule has 0 spiro atoms. The molecule has 4 N–H and O–H groups in total. The van der Waals surface area contributed by atoms with Gasteiger partial charge in [0, 0.05) is 25.2 Å². The molecule has 1 rings (SSSR count). The van der Waals surface area contributed by atoms with Gasteiger partial charge in [-0.15, -0.1) is 0 Å². The number of carbonyl (C=O) groups excluding carboxylic acids is 1. The summed E-state index contributed by atoms with van der Waals surface area (Å²) >= 11 is 5.90. The normalized spacial score (nSPS) is 13.6. The molecule has 2 atom stereocenters. The van der Waals surface area contributed by atoms with E-state index in [1.165, 1.54) is 0 Å². The van der Waals surface area contributed by atoms with E-state index in [9.17, 15) is 4.79 Å². The van der Waals surface area contributed by atoms with Gasteiger partial charge in [0.1, 0.15) is 0 Å². The minimum absolute atomic E-state index is 0.0167. The Morgan fingerprint density at radius 3 is 2.70 bits per heavy atom. The monoisotopic (exact) mass is 302 g/mol. The van der Waals surface area contributed by atoms with E-state index < -0.39 is 18.7 Å². The number of hydrogen-bond acceptors (Lipinski definition) is 4. The van der Waals surface area contributed by atoms with Crippen LogP contribution in [0.25, 0.3) is 0 Å². The average Bonchev–Trinajstić information content (AvgIpc) is 2.45. The molecule has 1 unspecified atom stereocenters. The molecule has 0 radical (unpaired) electrons. The van der Waals surface area contributed by atoms with Crippen molar-refractivity contribution in [3.63, 3.8) is 0 Å². The van der Waals surface area contributed by atoms with Crippen molar-refractivity contribution >= 4 is 17.6 Å². The first-order valence-electron chi connectivity index (χ1n) is 6.15. The number of aliphatic hydroxyl groups is 2. The summed E-state index contributed by atoms with van der Waals surface area (Å²) in [7, 11) is 1.54. The fourth-order valence-corrected chi connectivity index (χ4v) is 1.77. The van der Waals surface area contributed by atoms with Crippen molar-refractivity contribution in [2.45, 2.75) is 12.2 Å². The largest absolute Gasteiger partial charge is 0.394 e. The molecule has 2 amide bonds. The van der Waals surface area contributed by atoms with Crippen LogP contribution in [0.4, 0.5) is 4.79 Å². The highest BCUT2D eigenvalue weighted by Gasteiger charge is 2.12. The number of urea groups is 1. The van der Waals surface area contributed by atoms with Crippen LogP contribution < -0.4 is 10.6 Å². The Hall–Kier alpha value is -1.34. The van der Waals surface area contributed by atoms with Gasteiger partial charge in [-0.05, 0) is 17.7 Å². The van der Waals surface area contributed by atoms with Crippen LogP contribution in [0.5, 0.6) is 0 Å². The molecule has 1 aromatic rings. The van der Waals surface area contributed by atoms with Gasteiger partial charge in [0.2, 0.25) is 0 Å². The van der Waals surface area contributed by atoms with E-state index in [0.29, 0.717) is 5.02 Å². The van der Waals surface area contributed by atoms with Gasteiger partial charge in [-0.3, -0.25) is 0 Å². The lowest BCUT2D eigenvalue weighted by molar-refractivity contribution is 0.0936. The Morgan fingerprint density at radius 2 is 2.10 bits per heavy atom. The molecule has 0 saturated heterocycles. The molecule has 0 aliphatic heterocycles. The van der Waals surface area contributed by atoms with Gasteiger partial charge in [-0.25, -0.2) is 4.79 Å². The predicted octanol–water partition coefficient (Wildman–Crippen LogP) is 0.680. The van der Waals surface area contributed by atoms with Crippen molar-refractivity contribution in [3.05, 3.63) is 34.9 Å². The maximum absolute atomic E-state index is 11.5. The number of ether oxygens (including phenoxy) is 1. The molecule has 112 valence electrons. The van der Waals surface area contributed by atoms with Crippen molar-refractivity contribution in [2.75, 3.05) is 26.8 Å². The minimum Gasteiger partial charge on any atom is -0.394 e. The van der Waals surface area contributed by atoms with Gasteiger partial charge in [0.15, 0.2) is 0 Å². The van der Waals surface area contributed by atoms with Crippen molar-refractivity contribution in [2.24, 2.45) is 0 Å². The van der Waals surface area contributed by atoms with Gasteiger partial charge in [-0.2, -0.15) is 0 Å². The fraction of sp³-hybridized carbons (Fsp3) is 0.462. The Bertz CT molecular complexity index is 431. The fourth-order valence-electron chi connectivity index (χ4n) is 1.57. The van der Waals surface area contributed by atoms with Crippen LogP contribution in [0.15, 0.2) is 24.3 Å². The number of amides is 2. The molecule has 0 aromatic heterocycles. The summed E-state index contributed by atoms with van der Waals surface area (Å²) in [6.45, 7) is -0.154. The molecule has 0 fully saturated rings. The average molecular weight is 303 g/mol. The van der Waals surface area contributed by atoms with E-state index in [-0.39, 0.29) is 19.2 Å². The lowest BCUT2D eigenvalue weighted by atomic mass is 10.1. The number of rotatable bonds is 7. The molecular weight excluding hydrogens is 284 g/mol. The summed E-state index contributed by atoms with van der Waals surface area (Å²) in [5.41, 5.74) is 0.857. The van der Waals surface area contributed by atoms with Gasteiger partial charge in [-0.1, -0.05) is 23.7 Å². The summed E-state index contributed by atoms with van der Waals surface area (Å²) in [4.78, 5) is 11.5. The zero-order chi connectivity index (χ0) is 15.0. The summed E-state index contributed by atoms with van der Waals surface area (Å²) in [6, 6.07) is 6.75. The van der Waals surface area contributed by atoms with Crippen molar-refractivity contribution < 1.29 is 19.7 Å². The Balaban J connectivity index is 2.43. The van der Waals surface area contributed by atoms with Crippen LogP contribution in [0, 0.1) is 0 Å². The summed E-state index contributed by atoms with van der Waals surface area (Å²) < 4.78 is 5.30. The molecule has 7 heteroatoms. The smallest absolute Gasteiger partial charge is 0.314 e. The quantitative estimate of drug-likeness (QED) is 0.596. The second-order valence-electron chi connectivity index (χ2n) is 4.21. The SMILES string of the molecule is COC(CNC(=O)NC[C@@H](O)CO)c1cccc(Cl)c1. The van der Waals surface area contributed by atoms with E-state index in [2.05, 4.69) is 10.6 Å². The van der Waals surface area contributed by atoms with Crippen LogP contribution >= 0.6 is 11.6 Å². The van der Waals surface area contributed by atoms with E-state index in [0.717, 1.165) is 5.56 Å². The number of halogens is 1. The van der Waals surface area contributed by atoms with E-state index in [4.69, 9.17) is 26.6 Å². The van der Waals surface area contributed by atoms with E-state index in [1.807, 2.05) is 6.07 Å². The third-order valence-corrected chi connectivity index (χ3v) is 2.90. The van der Waals surface area contributed by atoms with E-state index in [1.54, 1.807) is 25.3 Å². The van der Waals surface area contributed by atoms with Crippen LogP contribution in [0.3, 0.4) is 0 Å². The number of aliphatic hydroxyl groups excluding tert-OH is 2. The maximum atomic E-state index is 11.5. The first-order chi connectivity index (χ1) is 9.56. The molecule has 0 bridgehead atoms. The molecule has 0 heterocycles. The summed E-state index contributed by atoms with van der Waals surface area (Å²) in [6.07, 6.45) is -1.28. The lowest BCUT2D eigenvalue weighted by Crippen LogP contribution is -2.42. The van der Waals surface area contributed by atoms with Gasteiger partial charge in [0.25, 0.3) is 0 Å². The Kier molecular flexibility index (Phi) is 7.32. The van der Waals surface area contributed by atoms with Crippen LogP contribution in [0.1, 0.15) is 11.7 Å². The molecule has 20 heavy (non-hydrogen) atoms. The number of methoxy groups -OCH3 is 1. The second-order valence-corrected chi connectivity index (χ2v) is 4.64. The molecule has 0 aliphatic rings. The predicted molar refractivity (Wildman–Crippen MR) is 75.7 cm³/mol. The standard InChI is InChI=1S/C13H19ClN2O4/c1-20-12(9-3-2-4-10(14)5-9)7-16-13(19)15-6-11(18)8-17/h2-5,11-12,17-18H,6-8H2,1H3,(H2,15,16,19)/t11-,12?/m1/s1. The third kappa shape index (κ3) is 5.75. The molecule has 6 nitrogen and oxygen atoms in total. The minimum atomic E-state index is -0.966. The van der Waals surface area contributed by atoms with Crippen LogP contribution in [-0.2, 0) is 4.74 Å². The first-order valence-corrected chi connectivity index (χ1v) is 6.53. The molecule has 1 aromatic carbocycles. The number of hydrogen-bond donors (Lipinski definition) is 4. The summed E-state index contributed by atoms with van der Waals surface area (Å²) in [5.74, 6) is 0. The molecule has 0 aliphatic carbocycles. The van der Waals surface area contributed by atoms with Crippen molar-refractivity contribution in [3.8, 4) is 0 Å². The Labute approximate surface area is 122 Å². The van der Waals surface area contributed by atoms with Gasteiger partial charge in [0.05, 0.1) is 18.8 Å². The topological polar surface area (TPSA) is 90.8 Å². The highest BCUT2D eigenvalue weighted by atomic mass is 35.5. The summed E-state index contributed by atoms with van der Waals surface area (Å²) in [5, 5.41) is 23.4. The number of benzene rings is 1. The first kappa shape index (κ1) is 16.7. The van der Waals surface area contributed by atoms with Gasteiger partial charge >= 0.3 is 6.03 Å². The lowest BCUT2D eigenvalue weighted by Gasteiger charge is -2.17. The maximum Gasteiger partial charge on any atom is 0.314 e. The van der Waals surface area contributed by atoms with Crippen molar-refractivity contribution in [1.29, 1.82) is 0 Å². The zero-order valence-corrected chi connectivity index (χ0v) is 11.9. The third-order valence-electron chi connectivity index (χ3n) is 2.66. The Morgan fingerprint density at radius 1 is 1.40 bits per heavy atom. The number of nitrogens with one attached hydrogen (secondary N) is 2. The van der Waals surface area contributed by atoms with E-state index >= 15 is 0 Å².